The van der Waals surface area contributed by atoms with E-state index in [1.54, 1.807) is 0 Å². The second-order valence-corrected chi connectivity index (χ2v) is 7.69. The number of hydrogen-bond acceptors (Lipinski definition) is 4. The van der Waals surface area contributed by atoms with Crippen molar-refractivity contribution in [2.24, 2.45) is 11.8 Å². The number of pyridine rings is 1. The van der Waals surface area contributed by atoms with Crippen molar-refractivity contribution < 1.29 is 13.2 Å². The lowest BCUT2D eigenvalue weighted by molar-refractivity contribution is -0.137. The minimum absolute atomic E-state index is 0.150. The first kappa shape index (κ1) is 14.1. The smallest absolute Gasteiger partial charge is 0.383 e. The first-order chi connectivity index (χ1) is 11.9. The predicted molar refractivity (Wildman–Crippen MR) is 83.6 cm³/mol. The van der Waals surface area contributed by atoms with Crippen LogP contribution in [-0.2, 0) is 11.7 Å². The van der Waals surface area contributed by atoms with Crippen LogP contribution in [0.1, 0.15) is 30.1 Å². The summed E-state index contributed by atoms with van der Waals surface area (Å²) in [5.74, 6) is 2.31. The Balaban J connectivity index is 1.46. The molecule has 130 valence electrons. The maximum Gasteiger partial charge on any atom is 0.419 e. The number of nitrogens with zero attached hydrogens (tertiary/aromatic N) is 3. The number of alkyl halides is 3. The molecule has 3 saturated carbocycles. The summed E-state index contributed by atoms with van der Waals surface area (Å²) in [5.41, 5.74) is 5.60. The first-order valence-corrected chi connectivity index (χ1v) is 8.58. The lowest BCUT2D eigenvalue weighted by Gasteiger charge is -2.12. The molecule has 0 amide bonds. The summed E-state index contributed by atoms with van der Waals surface area (Å²) in [4.78, 5) is 8.46. The third-order valence-corrected chi connectivity index (χ3v) is 6.37. The van der Waals surface area contributed by atoms with Gasteiger partial charge >= 0.3 is 6.18 Å². The topological polar surface area (TPSA) is 68.8 Å². The molecular formula is C17H16F3N5. The van der Waals surface area contributed by atoms with Crippen LogP contribution in [0.2, 0.25) is 0 Å². The minimum Gasteiger partial charge on any atom is -0.383 e. The largest absolute Gasteiger partial charge is 0.419 e. The zero-order valence-electron chi connectivity index (χ0n) is 13.2. The summed E-state index contributed by atoms with van der Waals surface area (Å²) >= 11 is 0. The van der Waals surface area contributed by atoms with Gasteiger partial charge in [-0.05, 0) is 18.9 Å². The van der Waals surface area contributed by atoms with E-state index >= 15 is 0 Å². The zero-order chi connectivity index (χ0) is 17.1. The van der Waals surface area contributed by atoms with E-state index in [1.165, 1.54) is 6.20 Å². The van der Waals surface area contributed by atoms with Crippen LogP contribution >= 0.6 is 0 Å². The number of halogens is 3. The Hall–Kier alpha value is -2.09. The number of piperidine rings is 1. The normalized spacial score (nSPS) is 34.9. The highest BCUT2D eigenvalue weighted by atomic mass is 19.4. The quantitative estimate of drug-likeness (QED) is 0.894. The lowest BCUT2D eigenvalue weighted by atomic mass is 10.1. The van der Waals surface area contributed by atoms with E-state index in [1.807, 2.05) is 6.20 Å². The van der Waals surface area contributed by atoms with Crippen molar-refractivity contribution in [3.8, 4) is 11.3 Å². The number of imidazole rings is 1. The van der Waals surface area contributed by atoms with E-state index in [0.717, 1.165) is 31.3 Å². The standard InChI is InChI=1S/C17H16F3N5/c18-17(19,20)9-3-8(4-23-14(9)21)11-6-25(15(24-11)7-1-2-7)16-10-5-22-13(16)12(10)16/h3-4,6-7,10,12-13,22H,1-2,5H2,(H2,21,23)/t10-,12-,13?,16-/m1/s1. The Morgan fingerprint density at radius 1 is 1.32 bits per heavy atom. The van der Waals surface area contributed by atoms with Crippen LogP contribution in [0, 0.1) is 11.8 Å². The van der Waals surface area contributed by atoms with Gasteiger partial charge in [0.15, 0.2) is 0 Å². The second-order valence-electron chi connectivity index (χ2n) is 7.69. The summed E-state index contributed by atoms with van der Waals surface area (Å²) in [6, 6.07) is 1.58. The number of aromatic nitrogens is 3. The average molecular weight is 347 g/mol. The molecule has 3 aliphatic carbocycles. The van der Waals surface area contributed by atoms with Gasteiger partial charge in [-0.1, -0.05) is 0 Å². The number of nitrogens with one attached hydrogen (secondary N) is 1. The van der Waals surface area contributed by atoms with Crippen molar-refractivity contribution in [3.63, 3.8) is 0 Å². The Labute approximate surface area is 141 Å². The van der Waals surface area contributed by atoms with Crippen LogP contribution in [0.15, 0.2) is 18.5 Å². The van der Waals surface area contributed by atoms with E-state index in [9.17, 15) is 13.2 Å². The molecule has 25 heavy (non-hydrogen) atoms. The number of hydrogen-bond donors (Lipinski definition) is 2. The number of rotatable bonds is 3. The van der Waals surface area contributed by atoms with Crippen LogP contribution in [0.3, 0.4) is 0 Å². The van der Waals surface area contributed by atoms with Gasteiger partial charge in [0.05, 0.1) is 16.8 Å². The zero-order valence-corrected chi connectivity index (χ0v) is 13.2. The average Bonchev–Trinajstić information content (AvgIpc) is 3.49. The fraction of sp³-hybridized carbons (Fsp3) is 0.529. The van der Waals surface area contributed by atoms with E-state index in [0.29, 0.717) is 35.1 Å². The molecule has 7 rings (SSSR count). The van der Waals surface area contributed by atoms with Crippen molar-refractivity contribution in [1.29, 1.82) is 0 Å². The molecule has 4 atom stereocenters. The van der Waals surface area contributed by atoms with Crippen LogP contribution in [0.4, 0.5) is 19.0 Å². The highest BCUT2D eigenvalue weighted by Crippen LogP contribution is 2.80. The number of anilines is 1. The fourth-order valence-corrected chi connectivity index (χ4v) is 4.90. The van der Waals surface area contributed by atoms with Gasteiger partial charge < -0.3 is 15.6 Å². The first-order valence-electron chi connectivity index (χ1n) is 8.58. The van der Waals surface area contributed by atoms with E-state index in [2.05, 4.69) is 14.9 Å². The number of nitrogens with two attached hydrogens (primary N) is 1. The van der Waals surface area contributed by atoms with Gasteiger partial charge in [-0.15, -0.1) is 0 Å². The molecule has 2 aromatic rings. The fourth-order valence-electron chi connectivity index (χ4n) is 4.90. The molecule has 2 saturated heterocycles. The van der Waals surface area contributed by atoms with Gasteiger partial charge in [0.1, 0.15) is 11.6 Å². The Morgan fingerprint density at radius 2 is 2.12 bits per heavy atom. The van der Waals surface area contributed by atoms with E-state index in [-0.39, 0.29) is 5.54 Å². The second kappa shape index (κ2) is 4.00. The van der Waals surface area contributed by atoms with Crippen LogP contribution in [-0.4, -0.2) is 27.1 Å². The van der Waals surface area contributed by atoms with Crippen molar-refractivity contribution in [2.45, 2.75) is 36.5 Å². The summed E-state index contributed by atoms with van der Waals surface area (Å²) in [6.45, 7) is 1.04. The maximum atomic E-state index is 13.1. The van der Waals surface area contributed by atoms with Gasteiger partial charge in [-0.25, -0.2) is 9.97 Å². The van der Waals surface area contributed by atoms with E-state index < -0.39 is 17.6 Å². The van der Waals surface area contributed by atoms with Crippen molar-refractivity contribution in [2.75, 3.05) is 12.3 Å². The third kappa shape index (κ3) is 1.63. The summed E-state index contributed by atoms with van der Waals surface area (Å²) in [5, 5.41) is 3.52. The summed E-state index contributed by atoms with van der Waals surface area (Å²) < 4.78 is 41.7. The maximum absolute atomic E-state index is 13.1. The molecule has 2 aliphatic heterocycles. The SMILES string of the molecule is Nc1ncc(-c2cn([C@]34C5NC[C@@H]3[C@H]54)c(C3CC3)n2)cc1C(F)(F)F. The van der Waals surface area contributed by atoms with Gasteiger partial charge in [0.2, 0.25) is 0 Å². The van der Waals surface area contributed by atoms with Crippen LogP contribution in [0.25, 0.3) is 11.3 Å². The van der Waals surface area contributed by atoms with Gasteiger partial charge in [0, 0.05) is 48.3 Å². The third-order valence-electron chi connectivity index (χ3n) is 6.37. The molecule has 0 radical (unpaired) electrons. The highest BCUT2D eigenvalue weighted by Gasteiger charge is 2.91. The van der Waals surface area contributed by atoms with Crippen molar-refractivity contribution in [1.82, 2.24) is 19.9 Å². The molecular weight excluding hydrogens is 331 g/mol. The Bertz CT molecular complexity index is 892. The monoisotopic (exact) mass is 347 g/mol. The molecule has 3 N–H and O–H groups in total. The molecule has 4 heterocycles. The molecule has 1 unspecified atom stereocenters. The van der Waals surface area contributed by atoms with Crippen molar-refractivity contribution >= 4 is 5.82 Å². The lowest BCUT2D eigenvalue weighted by Crippen LogP contribution is -2.21. The summed E-state index contributed by atoms with van der Waals surface area (Å²) in [6.07, 6.45) is 1.01. The molecule has 5 fully saturated rings. The molecule has 8 heteroatoms. The Morgan fingerprint density at radius 3 is 2.72 bits per heavy atom. The molecule has 0 aromatic carbocycles. The number of nitrogen functional groups attached to an aromatic ring is 1. The van der Waals surface area contributed by atoms with E-state index in [4.69, 9.17) is 10.7 Å². The van der Waals surface area contributed by atoms with Gasteiger partial charge in [0.25, 0.3) is 0 Å². The van der Waals surface area contributed by atoms with Crippen LogP contribution < -0.4 is 11.1 Å². The summed E-state index contributed by atoms with van der Waals surface area (Å²) in [7, 11) is 0. The Kier molecular flexibility index (Phi) is 2.26. The molecule has 0 spiro atoms. The molecule has 5 nitrogen and oxygen atoms in total. The van der Waals surface area contributed by atoms with Crippen molar-refractivity contribution in [3.05, 3.63) is 29.8 Å². The molecule has 2 aromatic heterocycles. The predicted octanol–water partition coefficient (Wildman–Crippen LogP) is 2.35. The van der Waals surface area contributed by atoms with Gasteiger partial charge in [-0.3, -0.25) is 0 Å². The van der Waals surface area contributed by atoms with Crippen LogP contribution in [0.5, 0.6) is 0 Å². The molecule has 5 aliphatic rings. The highest BCUT2D eigenvalue weighted by molar-refractivity contribution is 5.63. The van der Waals surface area contributed by atoms with Gasteiger partial charge in [-0.2, -0.15) is 13.2 Å². The minimum atomic E-state index is -4.52. The number of fused-ring (bicyclic) bond motifs is 1. The molecule has 2 bridgehead atoms.